The monoisotopic (exact) mass is 265 g/mol. The largest absolute Gasteiger partial charge is 0.308 e. The SMILES string of the molecule is CCNC(C)c1nnnn1Cc1ccc(CC)s1. The van der Waals surface area contributed by atoms with Crippen molar-refractivity contribution in [2.24, 2.45) is 0 Å². The molecule has 6 heteroatoms. The molecular formula is C12H19N5S. The standard InChI is InChI=1S/C12H19N5S/c1-4-10-6-7-11(18-10)8-17-12(14-15-16-17)9(3)13-5-2/h6-7,9,13H,4-5,8H2,1-3H3. The topological polar surface area (TPSA) is 55.6 Å². The maximum atomic E-state index is 4.10. The second-order valence-electron chi connectivity index (χ2n) is 4.20. The third-order valence-corrected chi connectivity index (χ3v) is 4.04. The van der Waals surface area contributed by atoms with Crippen LogP contribution in [0.15, 0.2) is 12.1 Å². The van der Waals surface area contributed by atoms with Crippen LogP contribution < -0.4 is 5.32 Å². The fraction of sp³-hybridized carbons (Fsp3) is 0.583. The molecule has 0 aliphatic heterocycles. The van der Waals surface area contributed by atoms with Crippen LogP contribution in [-0.2, 0) is 13.0 Å². The van der Waals surface area contributed by atoms with Gasteiger partial charge in [-0.25, -0.2) is 4.68 Å². The molecule has 5 nitrogen and oxygen atoms in total. The van der Waals surface area contributed by atoms with Crippen molar-refractivity contribution in [3.05, 3.63) is 27.7 Å². The van der Waals surface area contributed by atoms with Crippen molar-refractivity contribution in [3.8, 4) is 0 Å². The molecule has 2 aromatic rings. The van der Waals surface area contributed by atoms with E-state index in [2.05, 4.69) is 53.7 Å². The Bertz CT molecular complexity index is 490. The van der Waals surface area contributed by atoms with Crippen molar-refractivity contribution in [1.29, 1.82) is 0 Å². The van der Waals surface area contributed by atoms with E-state index in [-0.39, 0.29) is 6.04 Å². The number of nitrogens with zero attached hydrogens (tertiary/aromatic N) is 4. The molecule has 1 N–H and O–H groups in total. The van der Waals surface area contributed by atoms with E-state index in [1.165, 1.54) is 9.75 Å². The molecular weight excluding hydrogens is 246 g/mol. The van der Waals surface area contributed by atoms with Crippen molar-refractivity contribution < 1.29 is 0 Å². The highest BCUT2D eigenvalue weighted by molar-refractivity contribution is 7.11. The Morgan fingerprint density at radius 2 is 2.11 bits per heavy atom. The molecule has 0 saturated carbocycles. The third kappa shape index (κ3) is 2.94. The van der Waals surface area contributed by atoms with Gasteiger partial charge in [-0.1, -0.05) is 13.8 Å². The first-order valence-electron chi connectivity index (χ1n) is 6.31. The number of aromatic nitrogens is 4. The van der Waals surface area contributed by atoms with E-state index in [1.807, 2.05) is 16.0 Å². The summed E-state index contributed by atoms with van der Waals surface area (Å²) in [6.45, 7) is 8.00. The molecule has 18 heavy (non-hydrogen) atoms. The molecule has 0 saturated heterocycles. The molecule has 0 fully saturated rings. The summed E-state index contributed by atoms with van der Waals surface area (Å²) in [4.78, 5) is 2.70. The summed E-state index contributed by atoms with van der Waals surface area (Å²) >= 11 is 1.83. The van der Waals surface area contributed by atoms with Crippen LogP contribution in [0.25, 0.3) is 0 Å². The minimum absolute atomic E-state index is 0.176. The summed E-state index contributed by atoms with van der Waals surface area (Å²) in [5.74, 6) is 0.892. The molecule has 1 atom stereocenters. The quantitative estimate of drug-likeness (QED) is 0.868. The molecule has 0 aromatic carbocycles. The number of thiophene rings is 1. The van der Waals surface area contributed by atoms with Gasteiger partial charge in [-0.05, 0) is 42.4 Å². The number of rotatable bonds is 6. The van der Waals surface area contributed by atoms with E-state index in [0.29, 0.717) is 0 Å². The van der Waals surface area contributed by atoms with Gasteiger partial charge in [-0.3, -0.25) is 0 Å². The van der Waals surface area contributed by atoms with E-state index in [4.69, 9.17) is 0 Å². The summed E-state index contributed by atoms with van der Waals surface area (Å²) in [6, 6.07) is 4.51. The lowest BCUT2D eigenvalue weighted by atomic mass is 10.3. The Morgan fingerprint density at radius 1 is 1.33 bits per heavy atom. The van der Waals surface area contributed by atoms with Crippen molar-refractivity contribution in [2.45, 2.75) is 39.8 Å². The predicted octanol–water partition coefficient (Wildman–Crippen LogP) is 2.02. The minimum Gasteiger partial charge on any atom is -0.308 e. The van der Waals surface area contributed by atoms with Crippen molar-refractivity contribution >= 4 is 11.3 Å². The van der Waals surface area contributed by atoms with Gasteiger partial charge in [0.15, 0.2) is 5.82 Å². The first-order chi connectivity index (χ1) is 8.74. The summed E-state index contributed by atoms with van der Waals surface area (Å²) < 4.78 is 1.87. The number of hydrogen-bond acceptors (Lipinski definition) is 5. The van der Waals surface area contributed by atoms with Crippen molar-refractivity contribution in [2.75, 3.05) is 6.54 Å². The Kier molecular flexibility index (Phi) is 4.43. The highest BCUT2D eigenvalue weighted by Gasteiger charge is 2.14. The van der Waals surface area contributed by atoms with Crippen LogP contribution in [0, 0.1) is 0 Å². The molecule has 0 radical (unpaired) electrons. The fourth-order valence-electron chi connectivity index (χ4n) is 1.88. The minimum atomic E-state index is 0.176. The molecule has 0 spiro atoms. The molecule has 0 aliphatic carbocycles. The molecule has 1 unspecified atom stereocenters. The highest BCUT2D eigenvalue weighted by Crippen LogP contribution is 2.19. The van der Waals surface area contributed by atoms with E-state index in [1.54, 1.807) is 0 Å². The third-order valence-electron chi connectivity index (χ3n) is 2.83. The number of tetrazole rings is 1. The molecule has 0 bridgehead atoms. The molecule has 2 aromatic heterocycles. The molecule has 0 aliphatic rings. The zero-order valence-corrected chi connectivity index (χ0v) is 11.9. The van der Waals surface area contributed by atoms with Gasteiger partial charge >= 0.3 is 0 Å². The van der Waals surface area contributed by atoms with Crippen LogP contribution in [0.2, 0.25) is 0 Å². The first-order valence-corrected chi connectivity index (χ1v) is 7.13. The summed E-state index contributed by atoms with van der Waals surface area (Å²) in [7, 11) is 0. The van der Waals surface area contributed by atoms with Gasteiger partial charge in [-0.2, -0.15) is 0 Å². The van der Waals surface area contributed by atoms with E-state index >= 15 is 0 Å². The maximum Gasteiger partial charge on any atom is 0.168 e. The molecule has 2 rings (SSSR count). The number of nitrogens with one attached hydrogen (secondary N) is 1. The highest BCUT2D eigenvalue weighted by atomic mass is 32.1. The second-order valence-corrected chi connectivity index (χ2v) is 5.45. The van der Waals surface area contributed by atoms with Crippen LogP contribution >= 0.6 is 11.3 Å². The van der Waals surface area contributed by atoms with Crippen LogP contribution in [0.5, 0.6) is 0 Å². The van der Waals surface area contributed by atoms with E-state index < -0.39 is 0 Å². The van der Waals surface area contributed by atoms with E-state index in [9.17, 15) is 0 Å². The zero-order valence-electron chi connectivity index (χ0n) is 11.1. The summed E-state index contributed by atoms with van der Waals surface area (Å²) in [5.41, 5.74) is 0. The van der Waals surface area contributed by atoms with Crippen LogP contribution in [0.3, 0.4) is 0 Å². The zero-order chi connectivity index (χ0) is 13.0. The van der Waals surface area contributed by atoms with Gasteiger partial charge in [-0.15, -0.1) is 16.4 Å². The first kappa shape index (κ1) is 13.2. The number of aryl methyl sites for hydroxylation is 1. The summed E-state index contributed by atoms with van der Waals surface area (Å²) in [5, 5.41) is 15.3. The average molecular weight is 265 g/mol. The van der Waals surface area contributed by atoms with Gasteiger partial charge in [0.25, 0.3) is 0 Å². The smallest absolute Gasteiger partial charge is 0.168 e. The Hall–Kier alpha value is -1.27. The predicted molar refractivity (Wildman–Crippen MR) is 72.7 cm³/mol. The van der Waals surface area contributed by atoms with Crippen molar-refractivity contribution in [1.82, 2.24) is 25.5 Å². The van der Waals surface area contributed by atoms with Gasteiger partial charge in [0.05, 0.1) is 12.6 Å². The lowest BCUT2D eigenvalue weighted by Gasteiger charge is -2.11. The maximum absolute atomic E-state index is 4.10. The number of hydrogen-bond donors (Lipinski definition) is 1. The van der Waals surface area contributed by atoms with Crippen LogP contribution in [-0.4, -0.2) is 26.8 Å². The van der Waals surface area contributed by atoms with Gasteiger partial charge in [0.2, 0.25) is 0 Å². The van der Waals surface area contributed by atoms with Crippen LogP contribution in [0.4, 0.5) is 0 Å². The lowest BCUT2D eigenvalue weighted by Crippen LogP contribution is -2.22. The second kappa shape index (κ2) is 6.06. The summed E-state index contributed by atoms with van der Waals surface area (Å²) in [6.07, 6.45) is 1.08. The van der Waals surface area contributed by atoms with Gasteiger partial charge < -0.3 is 5.32 Å². The fourth-order valence-corrected chi connectivity index (χ4v) is 2.82. The lowest BCUT2D eigenvalue weighted by molar-refractivity contribution is 0.518. The Balaban J connectivity index is 2.11. The van der Waals surface area contributed by atoms with Gasteiger partial charge in [0.1, 0.15) is 0 Å². The Morgan fingerprint density at radius 3 is 2.78 bits per heavy atom. The Labute approximate surface area is 111 Å². The van der Waals surface area contributed by atoms with Gasteiger partial charge in [0, 0.05) is 9.75 Å². The van der Waals surface area contributed by atoms with Crippen molar-refractivity contribution in [3.63, 3.8) is 0 Å². The van der Waals surface area contributed by atoms with E-state index in [0.717, 1.165) is 25.3 Å². The molecule has 98 valence electrons. The van der Waals surface area contributed by atoms with Crippen LogP contribution in [0.1, 0.15) is 42.4 Å². The molecule has 2 heterocycles. The average Bonchev–Trinajstić information content (AvgIpc) is 2.99. The normalized spacial score (nSPS) is 12.8. The molecule has 0 amide bonds.